The normalized spacial score (nSPS) is 12.7. The van der Waals surface area contributed by atoms with Gasteiger partial charge in [-0.05, 0) is 25.0 Å². The van der Waals surface area contributed by atoms with E-state index in [9.17, 15) is 22.3 Å². The molecular weight excluding hydrogens is 288 g/mol. The zero-order valence-electron chi connectivity index (χ0n) is 11.4. The molecule has 0 aliphatic rings. The van der Waals surface area contributed by atoms with E-state index in [-0.39, 0.29) is 12.2 Å². The molecule has 0 fully saturated rings. The van der Waals surface area contributed by atoms with Gasteiger partial charge in [-0.25, -0.2) is 8.42 Å². The Morgan fingerprint density at radius 1 is 1.25 bits per heavy atom. The summed E-state index contributed by atoms with van der Waals surface area (Å²) in [7, 11) is -4.67. The molecule has 1 rings (SSSR count). The Morgan fingerprint density at radius 2 is 1.80 bits per heavy atom. The van der Waals surface area contributed by atoms with Crippen LogP contribution in [0.4, 0.5) is 14.5 Å². The van der Waals surface area contributed by atoms with Crippen LogP contribution in [0.3, 0.4) is 0 Å². The molecule has 0 saturated heterocycles. The van der Waals surface area contributed by atoms with Crippen molar-refractivity contribution in [2.45, 2.75) is 42.9 Å². The van der Waals surface area contributed by atoms with E-state index < -0.39 is 26.1 Å². The molecule has 0 aromatic heterocycles. The van der Waals surface area contributed by atoms with Crippen LogP contribution in [0, 0.1) is 0 Å². The minimum Gasteiger partial charge on any atom is -0.388 e. The summed E-state index contributed by atoms with van der Waals surface area (Å²) in [6.07, 6.45) is 0.945. The molecule has 1 aromatic carbocycles. The number of hydrogen-bond acceptors (Lipinski definition) is 4. The molecule has 20 heavy (non-hydrogen) atoms. The number of benzene rings is 1. The van der Waals surface area contributed by atoms with Crippen LogP contribution in [0.2, 0.25) is 0 Å². The van der Waals surface area contributed by atoms with Gasteiger partial charge in [-0.3, -0.25) is 0 Å². The van der Waals surface area contributed by atoms with Crippen molar-refractivity contribution in [2.75, 3.05) is 11.9 Å². The van der Waals surface area contributed by atoms with E-state index in [2.05, 4.69) is 5.32 Å². The number of rotatable bonds is 7. The van der Waals surface area contributed by atoms with Crippen LogP contribution in [0.25, 0.3) is 0 Å². The number of para-hydroxylation sites is 1. The lowest BCUT2D eigenvalue weighted by atomic mass is 9.97. The van der Waals surface area contributed by atoms with E-state index in [0.29, 0.717) is 12.8 Å². The van der Waals surface area contributed by atoms with Crippen LogP contribution in [0.5, 0.6) is 0 Å². The van der Waals surface area contributed by atoms with E-state index in [1.165, 1.54) is 12.1 Å². The molecule has 1 aromatic rings. The average Bonchev–Trinajstić information content (AvgIpc) is 2.44. The first-order valence-electron chi connectivity index (χ1n) is 6.34. The van der Waals surface area contributed by atoms with E-state index in [1.807, 2.05) is 0 Å². The number of sulfone groups is 1. The maximum atomic E-state index is 12.6. The highest BCUT2D eigenvalue weighted by atomic mass is 32.2. The van der Waals surface area contributed by atoms with E-state index in [4.69, 9.17) is 0 Å². The Kier molecular flexibility index (Phi) is 5.47. The third kappa shape index (κ3) is 3.67. The fourth-order valence-electron chi connectivity index (χ4n) is 1.72. The molecule has 0 unspecified atom stereocenters. The molecule has 0 aliphatic carbocycles. The maximum Gasteiger partial charge on any atom is 0.341 e. The standard InChI is InChI=1S/C13H19F2NO3S/c1-3-13(17,4-2)9-16-10-7-5-6-8-11(10)20(18,19)12(14)15/h5-8,12,16-17H,3-4,9H2,1-2H3. The van der Waals surface area contributed by atoms with Gasteiger partial charge in [0.05, 0.1) is 16.2 Å². The summed E-state index contributed by atoms with van der Waals surface area (Å²) in [5.74, 6) is -3.47. The molecule has 0 radical (unpaired) electrons. The summed E-state index contributed by atoms with van der Waals surface area (Å²) in [5.41, 5.74) is -0.921. The van der Waals surface area contributed by atoms with Crippen LogP contribution in [-0.4, -0.2) is 31.4 Å². The molecule has 0 aliphatic heterocycles. The molecule has 114 valence electrons. The first-order chi connectivity index (χ1) is 9.27. The quantitative estimate of drug-likeness (QED) is 0.813. The minimum absolute atomic E-state index is 0.0770. The Balaban J connectivity index is 3.04. The molecule has 0 amide bonds. The zero-order chi connectivity index (χ0) is 15.4. The fourth-order valence-corrected chi connectivity index (χ4v) is 2.62. The van der Waals surface area contributed by atoms with Gasteiger partial charge in [0, 0.05) is 6.54 Å². The lowest BCUT2D eigenvalue weighted by Crippen LogP contribution is -2.35. The molecule has 0 atom stereocenters. The third-order valence-electron chi connectivity index (χ3n) is 3.35. The largest absolute Gasteiger partial charge is 0.388 e. The number of aliphatic hydroxyl groups is 1. The molecule has 0 saturated carbocycles. The second kappa shape index (κ2) is 6.49. The monoisotopic (exact) mass is 307 g/mol. The molecule has 2 N–H and O–H groups in total. The number of halogens is 2. The van der Waals surface area contributed by atoms with Crippen LogP contribution >= 0.6 is 0 Å². The van der Waals surface area contributed by atoms with Crippen molar-refractivity contribution in [3.63, 3.8) is 0 Å². The number of alkyl halides is 2. The van der Waals surface area contributed by atoms with Gasteiger partial charge >= 0.3 is 5.76 Å². The van der Waals surface area contributed by atoms with Crippen molar-refractivity contribution in [3.8, 4) is 0 Å². The summed E-state index contributed by atoms with van der Waals surface area (Å²) < 4.78 is 48.4. The summed E-state index contributed by atoms with van der Waals surface area (Å²) in [6.45, 7) is 3.69. The lowest BCUT2D eigenvalue weighted by molar-refractivity contribution is 0.0456. The van der Waals surface area contributed by atoms with Crippen molar-refractivity contribution < 1.29 is 22.3 Å². The topological polar surface area (TPSA) is 66.4 Å². The first-order valence-corrected chi connectivity index (χ1v) is 7.89. The van der Waals surface area contributed by atoms with Crippen LogP contribution in [0.15, 0.2) is 29.2 Å². The van der Waals surface area contributed by atoms with Gasteiger partial charge in [-0.2, -0.15) is 8.78 Å². The second-order valence-corrected chi connectivity index (χ2v) is 6.47. The van der Waals surface area contributed by atoms with Gasteiger partial charge in [0.25, 0.3) is 0 Å². The summed E-state index contributed by atoms with van der Waals surface area (Å²) >= 11 is 0. The van der Waals surface area contributed by atoms with Gasteiger partial charge in [-0.1, -0.05) is 26.0 Å². The Morgan fingerprint density at radius 3 is 2.30 bits per heavy atom. The minimum atomic E-state index is -4.67. The number of hydrogen-bond donors (Lipinski definition) is 2. The Hall–Kier alpha value is -1.21. The Labute approximate surface area is 117 Å². The fraction of sp³-hybridized carbons (Fsp3) is 0.538. The molecule has 7 heteroatoms. The van der Waals surface area contributed by atoms with Gasteiger partial charge in [0.1, 0.15) is 0 Å². The number of anilines is 1. The molecule has 0 bridgehead atoms. The third-order valence-corrected chi connectivity index (χ3v) is 4.79. The van der Waals surface area contributed by atoms with Crippen molar-refractivity contribution in [2.24, 2.45) is 0 Å². The second-order valence-electron chi connectivity index (χ2n) is 4.59. The molecular formula is C13H19F2NO3S. The SMILES string of the molecule is CCC(O)(CC)CNc1ccccc1S(=O)(=O)C(F)F. The smallest absolute Gasteiger partial charge is 0.341 e. The molecule has 0 spiro atoms. The summed E-state index contributed by atoms with van der Waals surface area (Å²) in [4.78, 5) is -0.454. The average molecular weight is 307 g/mol. The maximum absolute atomic E-state index is 12.6. The van der Waals surface area contributed by atoms with Crippen LogP contribution in [0.1, 0.15) is 26.7 Å². The van der Waals surface area contributed by atoms with Crippen LogP contribution < -0.4 is 5.32 Å². The summed E-state index contributed by atoms with van der Waals surface area (Å²) in [6, 6.07) is 5.46. The van der Waals surface area contributed by atoms with Gasteiger partial charge < -0.3 is 10.4 Å². The lowest BCUT2D eigenvalue weighted by Gasteiger charge is -2.26. The predicted octanol–water partition coefficient (Wildman–Crippen LogP) is 2.65. The van der Waals surface area contributed by atoms with E-state index in [1.54, 1.807) is 19.9 Å². The van der Waals surface area contributed by atoms with Crippen molar-refractivity contribution in [1.29, 1.82) is 0 Å². The predicted molar refractivity (Wildman–Crippen MR) is 73.7 cm³/mol. The van der Waals surface area contributed by atoms with Gasteiger partial charge in [-0.15, -0.1) is 0 Å². The van der Waals surface area contributed by atoms with E-state index in [0.717, 1.165) is 6.07 Å². The molecule has 0 heterocycles. The highest BCUT2D eigenvalue weighted by Gasteiger charge is 2.30. The highest BCUT2D eigenvalue weighted by molar-refractivity contribution is 7.91. The summed E-state index contributed by atoms with van der Waals surface area (Å²) in [5, 5.41) is 12.9. The van der Waals surface area contributed by atoms with E-state index >= 15 is 0 Å². The molecule has 4 nitrogen and oxygen atoms in total. The van der Waals surface area contributed by atoms with Crippen molar-refractivity contribution >= 4 is 15.5 Å². The Bertz CT molecular complexity index is 542. The number of nitrogens with one attached hydrogen (secondary N) is 1. The van der Waals surface area contributed by atoms with Crippen molar-refractivity contribution in [1.82, 2.24) is 0 Å². The van der Waals surface area contributed by atoms with Crippen LogP contribution in [-0.2, 0) is 9.84 Å². The van der Waals surface area contributed by atoms with Gasteiger partial charge in [0.15, 0.2) is 0 Å². The zero-order valence-corrected chi connectivity index (χ0v) is 12.3. The highest BCUT2D eigenvalue weighted by Crippen LogP contribution is 2.27. The van der Waals surface area contributed by atoms with Crippen molar-refractivity contribution in [3.05, 3.63) is 24.3 Å². The van der Waals surface area contributed by atoms with Gasteiger partial charge in [0.2, 0.25) is 9.84 Å². The first kappa shape index (κ1) is 16.8.